The Labute approximate surface area is 124 Å². The Kier molecular flexibility index (Phi) is 4.83. The van der Waals surface area contributed by atoms with E-state index in [0.717, 1.165) is 18.4 Å². The smallest absolute Gasteiger partial charge is 0.407 e. The van der Waals surface area contributed by atoms with Gasteiger partial charge in [0.05, 0.1) is 12.0 Å². The number of carbonyl (C=O) groups is 2. The Balaban J connectivity index is 1.94. The van der Waals surface area contributed by atoms with Crippen molar-refractivity contribution in [2.75, 3.05) is 0 Å². The van der Waals surface area contributed by atoms with Crippen molar-refractivity contribution in [3.05, 3.63) is 35.9 Å². The summed E-state index contributed by atoms with van der Waals surface area (Å²) in [5.41, 5.74) is 0.221. The Hall–Kier alpha value is -2.04. The number of aliphatic carboxylic acids is 1. The summed E-state index contributed by atoms with van der Waals surface area (Å²) in [6.07, 6.45) is 1.92. The number of amides is 1. The lowest BCUT2D eigenvalue weighted by molar-refractivity contribution is -0.139. The van der Waals surface area contributed by atoms with E-state index in [1.54, 1.807) is 0 Å². The highest BCUT2D eigenvalue weighted by molar-refractivity contribution is 5.73. The summed E-state index contributed by atoms with van der Waals surface area (Å²) in [7, 11) is 0. The van der Waals surface area contributed by atoms with Crippen LogP contribution in [0.5, 0.6) is 0 Å². The molecule has 21 heavy (non-hydrogen) atoms. The quantitative estimate of drug-likeness (QED) is 0.874. The normalized spacial score (nSPS) is 24.5. The van der Waals surface area contributed by atoms with Crippen LogP contribution < -0.4 is 5.32 Å². The molecule has 0 spiro atoms. The molecule has 2 rings (SSSR count). The van der Waals surface area contributed by atoms with Gasteiger partial charge in [0, 0.05) is 0 Å². The van der Waals surface area contributed by atoms with E-state index >= 15 is 0 Å². The first kappa shape index (κ1) is 15.4. The van der Waals surface area contributed by atoms with Gasteiger partial charge in [-0.1, -0.05) is 43.7 Å². The number of benzene rings is 1. The van der Waals surface area contributed by atoms with Crippen molar-refractivity contribution in [1.29, 1.82) is 0 Å². The minimum Gasteiger partial charge on any atom is -0.481 e. The summed E-state index contributed by atoms with van der Waals surface area (Å²) >= 11 is 0. The van der Waals surface area contributed by atoms with Crippen LogP contribution in [0, 0.1) is 5.92 Å². The summed E-state index contributed by atoms with van der Waals surface area (Å²) in [6.45, 7) is 2.16. The molecule has 1 saturated carbocycles. The average molecular weight is 291 g/mol. The largest absolute Gasteiger partial charge is 0.481 e. The monoisotopic (exact) mass is 291 g/mol. The van der Waals surface area contributed by atoms with Crippen LogP contribution in [0.15, 0.2) is 30.3 Å². The molecule has 0 aliphatic heterocycles. The second-order valence-electron chi connectivity index (χ2n) is 5.71. The number of carbonyl (C=O) groups excluding carboxylic acids is 1. The molecular formula is C16H21NO4. The van der Waals surface area contributed by atoms with Gasteiger partial charge in [-0.2, -0.15) is 0 Å². The van der Waals surface area contributed by atoms with Crippen molar-refractivity contribution >= 4 is 12.1 Å². The molecule has 2 atom stereocenters. The van der Waals surface area contributed by atoms with Crippen LogP contribution in [0.1, 0.15) is 38.2 Å². The van der Waals surface area contributed by atoms with Crippen LogP contribution >= 0.6 is 0 Å². The van der Waals surface area contributed by atoms with Crippen LogP contribution in [0.2, 0.25) is 0 Å². The molecular weight excluding hydrogens is 270 g/mol. The van der Waals surface area contributed by atoms with E-state index < -0.39 is 17.6 Å². The molecule has 1 aliphatic rings. The highest BCUT2D eigenvalue weighted by atomic mass is 16.5. The zero-order chi connectivity index (χ0) is 15.3. The molecule has 5 heteroatoms. The van der Waals surface area contributed by atoms with Gasteiger partial charge >= 0.3 is 12.1 Å². The van der Waals surface area contributed by atoms with Gasteiger partial charge in [-0.25, -0.2) is 4.79 Å². The lowest BCUT2D eigenvalue weighted by Gasteiger charge is -2.33. The maximum Gasteiger partial charge on any atom is 0.407 e. The highest BCUT2D eigenvalue weighted by Gasteiger charge is 2.43. The summed E-state index contributed by atoms with van der Waals surface area (Å²) in [5, 5.41) is 11.9. The third-order valence-corrected chi connectivity index (χ3v) is 4.23. The number of carboxylic acid groups (broad SMARTS) is 1. The van der Waals surface area contributed by atoms with E-state index in [9.17, 15) is 9.59 Å². The van der Waals surface area contributed by atoms with Gasteiger partial charge in [0.1, 0.15) is 6.61 Å². The van der Waals surface area contributed by atoms with Gasteiger partial charge in [-0.15, -0.1) is 0 Å². The molecule has 1 fully saturated rings. The van der Waals surface area contributed by atoms with Gasteiger partial charge in [0.25, 0.3) is 0 Å². The summed E-state index contributed by atoms with van der Waals surface area (Å²) in [6, 6.07) is 9.39. The molecule has 0 aromatic heterocycles. The number of rotatable bonds is 5. The van der Waals surface area contributed by atoms with E-state index in [0.29, 0.717) is 6.42 Å². The maximum absolute atomic E-state index is 12.0. The molecule has 2 N–H and O–H groups in total. The molecule has 0 heterocycles. The fourth-order valence-electron chi connectivity index (χ4n) is 2.97. The third kappa shape index (κ3) is 3.97. The Morgan fingerprint density at radius 1 is 1.38 bits per heavy atom. The minimum absolute atomic E-state index is 0.0609. The first-order valence-corrected chi connectivity index (χ1v) is 7.22. The van der Waals surface area contributed by atoms with Gasteiger partial charge < -0.3 is 15.2 Å². The summed E-state index contributed by atoms with van der Waals surface area (Å²) in [5.74, 6) is -0.759. The lowest BCUT2D eigenvalue weighted by Crippen LogP contribution is -2.51. The van der Waals surface area contributed by atoms with Crippen molar-refractivity contribution in [2.24, 2.45) is 5.92 Å². The summed E-state index contributed by atoms with van der Waals surface area (Å²) in [4.78, 5) is 23.1. The van der Waals surface area contributed by atoms with Gasteiger partial charge in [0.15, 0.2) is 0 Å². The first-order valence-electron chi connectivity index (χ1n) is 7.22. The molecule has 5 nitrogen and oxygen atoms in total. The second-order valence-corrected chi connectivity index (χ2v) is 5.71. The van der Waals surface area contributed by atoms with Crippen molar-refractivity contribution < 1.29 is 19.4 Å². The number of ether oxygens (including phenoxy) is 1. The molecule has 1 amide bonds. The van der Waals surface area contributed by atoms with E-state index in [1.165, 1.54) is 0 Å². The standard InChI is InChI=1S/C16H21NO4/c1-12-6-5-9-16(12,10-14(18)19)17-15(20)21-11-13-7-3-2-4-8-13/h2-4,7-8,12H,5-6,9-11H2,1H3,(H,17,20)(H,18,19). The van der Waals surface area contributed by atoms with Crippen LogP contribution in [-0.2, 0) is 16.1 Å². The predicted octanol–water partition coefficient (Wildman–Crippen LogP) is 2.95. The number of hydrogen-bond donors (Lipinski definition) is 2. The van der Waals surface area contributed by atoms with E-state index in [1.807, 2.05) is 37.3 Å². The molecule has 0 saturated heterocycles. The maximum atomic E-state index is 12.0. The van der Waals surface area contributed by atoms with Gasteiger partial charge in [-0.05, 0) is 24.3 Å². The van der Waals surface area contributed by atoms with Crippen LogP contribution in [0.25, 0.3) is 0 Å². The van der Waals surface area contributed by atoms with E-state index in [2.05, 4.69) is 5.32 Å². The van der Waals surface area contributed by atoms with Gasteiger partial charge in [0.2, 0.25) is 0 Å². The zero-order valence-electron chi connectivity index (χ0n) is 12.2. The molecule has 0 bridgehead atoms. The van der Waals surface area contributed by atoms with Crippen molar-refractivity contribution in [1.82, 2.24) is 5.32 Å². The molecule has 1 aliphatic carbocycles. The SMILES string of the molecule is CC1CCCC1(CC(=O)O)NC(=O)OCc1ccccc1. The van der Waals surface area contributed by atoms with E-state index in [-0.39, 0.29) is 18.9 Å². The molecule has 1 aromatic carbocycles. The number of alkyl carbamates (subject to hydrolysis) is 1. The average Bonchev–Trinajstić information content (AvgIpc) is 2.78. The molecule has 114 valence electrons. The van der Waals surface area contributed by atoms with E-state index in [4.69, 9.17) is 9.84 Å². The van der Waals surface area contributed by atoms with Crippen molar-refractivity contribution in [3.8, 4) is 0 Å². The lowest BCUT2D eigenvalue weighted by atomic mass is 9.85. The number of hydrogen-bond acceptors (Lipinski definition) is 3. The van der Waals surface area contributed by atoms with Crippen LogP contribution in [0.3, 0.4) is 0 Å². The Morgan fingerprint density at radius 3 is 2.67 bits per heavy atom. The summed E-state index contributed by atoms with van der Waals surface area (Å²) < 4.78 is 5.20. The minimum atomic E-state index is -0.896. The Bertz CT molecular complexity index is 502. The molecule has 2 unspecified atom stereocenters. The fourth-order valence-corrected chi connectivity index (χ4v) is 2.97. The topological polar surface area (TPSA) is 75.6 Å². The van der Waals surface area contributed by atoms with Crippen LogP contribution in [0.4, 0.5) is 4.79 Å². The second kappa shape index (κ2) is 6.61. The van der Waals surface area contributed by atoms with Crippen LogP contribution in [-0.4, -0.2) is 22.7 Å². The predicted molar refractivity (Wildman–Crippen MR) is 77.8 cm³/mol. The molecule has 1 aromatic rings. The van der Waals surface area contributed by atoms with Gasteiger partial charge in [-0.3, -0.25) is 4.79 Å². The zero-order valence-corrected chi connectivity index (χ0v) is 12.2. The van der Waals surface area contributed by atoms with Crippen molar-refractivity contribution in [3.63, 3.8) is 0 Å². The number of nitrogens with one attached hydrogen (secondary N) is 1. The van der Waals surface area contributed by atoms with Crippen molar-refractivity contribution in [2.45, 2.75) is 44.8 Å². The first-order chi connectivity index (χ1) is 10.0. The fraction of sp³-hybridized carbons (Fsp3) is 0.500. The third-order valence-electron chi connectivity index (χ3n) is 4.23. The highest BCUT2D eigenvalue weighted by Crippen LogP contribution is 2.38. The molecule has 0 radical (unpaired) electrons. The number of carboxylic acids is 1. The Morgan fingerprint density at radius 2 is 2.10 bits per heavy atom.